The van der Waals surface area contributed by atoms with Gasteiger partial charge in [-0.15, -0.1) is 0 Å². The van der Waals surface area contributed by atoms with E-state index in [1.807, 2.05) is 11.0 Å². The van der Waals surface area contributed by atoms with Crippen LogP contribution in [0.4, 0.5) is 20.4 Å². The number of nitrogen functional groups attached to an aromatic ring is 1. The van der Waals surface area contributed by atoms with Crippen LogP contribution in [0.3, 0.4) is 0 Å². The quantitative estimate of drug-likeness (QED) is 0.271. The summed E-state index contributed by atoms with van der Waals surface area (Å²) >= 11 is -0.855. The van der Waals surface area contributed by atoms with Gasteiger partial charge in [0.1, 0.15) is 34.6 Å². The lowest BCUT2D eigenvalue weighted by Crippen LogP contribution is -2.47. The molecule has 0 amide bonds. The van der Waals surface area contributed by atoms with Crippen LogP contribution >= 0.6 is 0 Å². The standard InChI is InChI=1S/C29H32F2N8O4S/c1-35-26-23-16-21(24-3-2-12-42-24)34-39(23)28(32)33-27(26)38(29(35)40)11-8-36-6-9-37(10-7-36)22-17-25(20(31)15-19(22)30)43-18-4-13-44(41)14-5-18/h2-3,12,15-18H,4-11,13-14H2,1H3,(H2,32,33)/t18-,44-. The van der Waals surface area contributed by atoms with Crippen molar-refractivity contribution in [3.63, 3.8) is 0 Å². The molecule has 15 heteroatoms. The van der Waals surface area contributed by atoms with E-state index in [-0.39, 0.29) is 23.5 Å². The molecule has 0 radical (unpaired) electrons. The van der Waals surface area contributed by atoms with Gasteiger partial charge in [-0.05, 0) is 18.2 Å². The summed E-state index contributed by atoms with van der Waals surface area (Å²) in [6, 6.07) is 7.70. The van der Waals surface area contributed by atoms with Gasteiger partial charge in [-0.1, -0.05) is 11.2 Å². The van der Waals surface area contributed by atoms with E-state index in [9.17, 15) is 18.1 Å². The summed E-state index contributed by atoms with van der Waals surface area (Å²) in [4.78, 5) is 21.9. The maximum atomic E-state index is 14.9. The number of ether oxygens (including phenoxy) is 1. The number of rotatable bonds is 7. The molecule has 0 saturated carbocycles. The zero-order chi connectivity index (χ0) is 30.5. The molecule has 6 heterocycles. The Hall–Kier alpha value is -4.08. The fraction of sp³-hybridized carbons (Fsp3) is 0.414. The van der Waals surface area contributed by atoms with Gasteiger partial charge in [0.2, 0.25) is 5.95 Å². The van der Waals surface area contributed by atoms with Crippen LogP contribution in [-0.4, -0.2) is 83.5 Å². The molecule has 7 rings (SSSR count). The molecule has 44 heavy (non-hydrogen) atoms. The molecule has 2 aliphatic heterocycles. The highest BCUT2D eigenvalue weighted by molar-refractivity contribution is 7.91. The minimum Gasteiger partial charge on any atom is -0.616 e. The molecule has 232 valence electrons. The van der Waals surface area contributed by atoms with Crippen LogP contribution in [0.15, 0.2) is 45.8 Å². The van der Waals surface area contributed by atoms with Crippen LogP contribution in [0.2, 0.25) is 0 Å². The fourth-order valence-electron chi connectivity index (χ4n) is 6.05. The summed E-state index contributed by atoms with van der Waals surface area (Å²) in [7, 11) is 1.70. The first kappa shape index (κ1) is 28.7. The number of anilines is 2. The highest BCUT2D eigenvalue weighted by atomic mass is 32.2. The van der Waals surface area contributed by atoms with Crippen LogP contribution in [0, 0.1) is 11.6 Å². The molecule has 5 aromatic rings. The summed E-state index contributed by atoms with van der Waals surface area (Å²) in [5.41, 5.74) is 8.65. The Bertz CT molecular complexity index is 1870. The molecule has 12 nitrogen and oxygen atoms in total. The van der Waals surface area contributed by atoms with Gasteiger partial charge < -0.3 is 24.3 Å². The molecule has 2 aliphatic rings. The molecule has 2 saturated heterocycles. The number of hydrogen-bond donors (Lipinski definition) is 1. The smallest absolute Gasteiger partial charge is 0.330 e. The maximum Gasteiger partial charge on any atom is 0.330 e. The predicted molar refractivity (Wildman–Crippen MR) is 162 cm³/mol. The zero-order valence-electron chi connectivity index (χ0n) is 24.1. The molecule has 1 aromatic carbocycles. The van der Waals surface area contributed by atoms with E-state index in [1.54, 1.807) is 34.6 Å². The van der Waals surface area contributed by atoms with Gasteiger partial charge in [-0.2, -0.15) is 14.6 Å². The van der Waals surface area contributed by atoms with E-state index in [0.29, 0.717) is 97.4 Å². The number of furan rings is 1. The second kappa shape index (κ2) is 11.4. The number of nitrogens with two attached hydrogens (primary N) is 1. The van der Waals surface area contributed by atoms with E-state index in [1.165, 1.54) is 10.6 Å². The Balaban J connectivity index is 1.05. The minimum atomic E-state index is -0.855. The van der Waals surface area contributed by atoms with Crippen molar-refractivity contribution >= 4 is 39.5 Å². The third kappa shape index (κ3) is 5.18. The van der Waals surface area contributed by atoms with E-state index in [2.05, 4.69) is 15.0 Å². The van der Waals surface area contributed by atoms with Crippen LogP contribution < -0.4 is 21.1 Å². The number of halogens is 2. The Morgan fingerprint density at radius 1 is 1.11 bits per heavy atom. The number of hydrogen-bond acceptors (Lipinski definition) is 9. The lowest BCUT2D eigenvalue weighted by molar-refractivity contribution is 0.181. The first-order valence-corrected chi connectivity index (χ1v) is 16.0. The van der Waals surface area contributed by atoms with Gasteiger partial charge in [-0.25, -0.2) is 13.6 Å². The molecule has 2 fully saturated rings. The van der Waals surface area contributed by atoms with Crippen molar-refractivity contribution in [2.75, 3.05) is 54.9 Å². The molecule has 0 spiro atoms. The lowest BCUT2D eigenvalue weighted by Gasteiger charge is -2.36. The van der Waals surface area contributed by atoms with Gasteiger partial charge in [0.15, 0.2) is 23.0 Å². The van der Waals surface area contributed by atoms with Crippen molar-refractivity contribution < 1.29 is 22.5 Å². The molecular weight excluding hydrogens is 594 g/mol. The van der Waals surface area contributed by atoms with E-state index in [0.717, 1.165) is 6.07 Å². The SMILES string of the molecule is Cn1c(=O)n(CCN2CCN(c3cc(O[C@H]4CC[S@+]([O-])CC4)c(F)cc3F)CC2)c2nc(N)n3nc(-c4ccco4)cc3c21. The monoisotopic (exact) mass is 626 g/mol. The fourth-order valence-corrected chi connectivity index (χ4v) is 7.30. The Kier molecular flexibility index (Phi) is 7.46. The number of imidazole rings is 1. The molecule has 0 aliphatic carbocycles. The van der Waals surface area contributed by atoms with Crippen LogP contribution in [0.25, 0.3) is 28.1 Å². The van der Waals surface area contributed by atoms with Crippen molar-refractivity contribution in [1.82, 2.24) is 28.6 Å². The van der Waals surface area contributed by atoms with E-state index >= 15 is 0 Å². The second-order valence-electron chi connectivity index (χ2n) is 11.2. The van der Waals surface area contributed by atoms with Crippen LogP contribution in [0.1, 0.15) is 12.8 Å². The number of nitrogens with zero attached hydrogens (tertiary/aromatic N) is 7. The number of piperazine rings is 1. The molecule has 2 N–H and O–H groups in total. The number of fused-ring (bicyclic) bond motifs is 3. The minimum absolute atomic E-state index is 0.0205. The predicted octanol–water partition coefficient (Wildman–Crippen LogP) is 2.62. The average molecular weight is 627 g/mol. The van der Waals surface area contributed by atoms with Gasteiger partial charge in [0.05, 0.1) is 17.5 Å². The molecule has 0 bridgehead atoms. The van der Waals surface area contributed by atoms with Crippen molar-refractivity contribution in [3.8, 4) is 17.2 Å². The molecule has 0 atom stereocenters. The number of benzene rings is 1. The van der Waals surface area contributed by atoms with Crippen LogP contribution in [-0.2, 0) is 24.8 Å². The Morgan fingerprint density at radius 3 is 2.61 bits per heavy atom. The topological polar surface area (TPSA) is 135 Å². The molecular formula is C29H32F2N8O4S. The third-order valence-electron chi connectivity index (χ3n) is 8.47. The summed E-state index contributed by atoms with van der Waals surface area (Å²) in [6.45, 7) is 3.23. The number of aryl methyl sites for hydroxylation is 1. The van der Waals surface area contributed by atoms with Crippen LogP contribution in [0.5, 0.6) is 5.75 Å². The van der Waals surface area contributed by atoms with E-state index < -0.39 is 22.8 Å². The Labute approximate surface area is 253 Å². The number of aromatic nitrogens is 5. The summed E-state index contributed by atoms with van der Waals surface area (Å²) in [5, 5.41) is 4.52. The van der Waals surface area contributed by atoms with Crippen molar-refractivity contribution in [1.29, 1.82) is 0 Å². The Morgan fingerprint density at radius 2 is 1.89 bits per heavy atom. The summed E-state index contributed by atoms with van der Waals surface area (Å²) < 4.78 is 57.1. The van der Waals surface area contributed by atoms with Crippen molar-refractivity contribution in [2.45, 2.75) is 25.5 Å². The van der Waals surface area contributed by atoms with Gasteiger partial charge >= 0.3 is 5.69 Å². The second-order valence-corrected chi connectivity index (χ2v) is 12.9. The van der Waals surface area contributed by atoms with Gasteiger partial charge in [0.25, 0.3) is 0 Å². The summed E-state index contributed by atoms with van der Waals surface area (Å²) in [5.74, 6) is 0.428. The molecule has 0 unspecified atom stereocenters. The average Bonchev–Trinajstić information content (AvgIpc) is 3.75. The maximum absolute atomic E-state index is 14.9. The van der Waals surface area contributed by atoms with Gasteiger partial charge in [-0.3, -0.25) is 14.0 Å². The first-order chi connectivity index (χ1) is 21.3. The van der Waals surface area contributed by atoms with E-state index in [4.69, 9.17) is 14.9 Å². The highest BCUT2D eigenvalue weighted by Crippen LogP contribution is 2.31. The van der Waals surface area contributed by atoms with Crippen molar-refractivity contribution in [2.24, 2.45) is 7.05 Å². The zero-order valence-corrected chi connectivity index (χ0v) is 24.9. The summed E-state index contributed by atoms with van der Waals surface area (Å²) in [6.07, 6.45) is 2.49. The lowest BCUT2D eigenvalue weighted by atomic mass is 10.2. The largest absolute Gasteiger partial charge is 0.616 e. The first-order valence-electron chi connectivity index (χ1n) is 14.5. The third-order valence-corrected chi connectivity index (χ3v) is 9.85. The molecule has 4 aromatic heterocycles. The highest BCUT2D eigenvalue weighted by Gasteiger charge is 2.27. The van der Waals surface area contributed by atoms with Crippen molar-refractivity contribution in [3.05, 3.63) is 58.7 Å². The normalized spacial score (nSPS) is 19.8. The van der Waals surface area contributed by atoms with Gasteiger partial charge in [0, 0.05) is 71.3 Å².